The normalized spacial score (nSPS) is 17.3. The van der Waals surface area contributed by atoms with Crippen molar-refractivity contribution in [2.75, 3.05) is 32.7 Å². The summed E-state index contributed by atoms with van der Waals surface area (Å²) >= 11 is 0. The Hall–Kier alpha value is -4.09. The molecule has 256 valence electrons. The molecule has 1 aliphatic rings. The van der Waals surface area contributed by atoms with Crippen LogP contribution in [0.15, 0.2) is 36.5 Å². The summed E-state index contributed by atoms with van der Waals surface area (Å²) in [5.41, 5.74) is 2.63. The van der Waals surface area contributed by atoms with Gasteiger partial charge in [-0.1, -0.05) is 6.07 Å². The number of hydrogen-bond donors (Lipinski definition) is 1. The molecule has 2 atom stereocenters. The van der Waals surface area contributed by atoms with Gasteiger partial charge in [0, 0.05) is 42.9 Å². The van der Waals surface area contributed by atoms with E-state index in [-0.39, 0.29) is 17.7 Å². The van der Waals surface area contributed by atoms with Gasteiger partial charge < -0.3 is 23.7 Å². The third-order valence-corrected chi connectivity index (χ3v) is 7.94. The molecule has 1 aromatic heterocycles. The van der Waals surface area contributed by atoms with Crippen LogP contribution in [-0.2, 0) is 25.5 Å². The first kappa shape index (κ1) is 35.8. The maximum atomic E-state index is 13.2. The van der Waals surface area contributed by atoms with Crippen LogP contribution in [0.1, 0.15) is 94.4 Å². The maximum Gasteiger partial charge on any atom is 0.419 e. The number of hydrogen-bond acceptors (Lipinski definition) is 9. The minimum absolute atomic E-state index is 0.0250. The highest BCUT2D eigenvalue weighted by Gasteiger charge is 2.33. The first-order chi connectivity index (χ1) is 22.0. The Labute approximate surface area is 277 Å². The van der Waals surface area contributed by atoms with E-state index >= 15 is 0 Å². The minimum atomic E-state index is -0.723. The van der Waals surface area contributed by atoms with Crippen molar-refractivity contribution >= 4 is 34.7 Å². The molecule has 1 amide bonds. The first-order valence-corrected chi connectivity index (χ1v) is 16.0. The molecule has 2 unspecified atom stereocenters. The van der Waals surface area contributed by atoms with Crippen molar-refractivity contribution in [1.29, 1.82) is 0 Å². The SMILES string of the molecule is CCOC1CCN(Cc2c(OC)cc(C)c3c2ccn3C(=O)OC(C)(C)C)C(c2ccc(C(=O)OC)c(NC(=O)OC(C)(C)C)c2)C1. The van der Waals surface area contributed by atoms with E-state index in [1.807, 2.05) is 58.9 Å². The Morgan fingerprint density at radius 3 is 2.30 bits per heavy atom. The van der Waals surface area contributed by atoms with Gasteiger partial charge in [-0.15, -0.1) is 0 Å². The van der Waals surface area contributed by atoms with Crippen molar-refractivity contribution in [3.05, 3.63) is 58.8 Å². The number of aromatic nitrogens is 1. The smallest absolute Gasteiger partial charge is 0.419 e. The van der Waals surface area contributed by atoms with Crippen LogP contribution in [0.5, 0.6) is 5.75 Å². The first-order valence-electron chi connectivity index (χ1n) is 16.0. The molecule has 47 heavy (non-hydrogen) atoms. The molecule has 0 spiro atoms. The highest BCUT2D eigenvalue weighted by Crippen LogP contribution is 2.39. The maximum absolute atomic E-state index is 13.2. The lowest BCUT2D eigenvalue weighted by Gasteiger charge is -2.40. The largest absolute Gasteiger partial charge is 0.496 e. The van der Waals surface area contributed by atoms with Crippen LogP contribution in [0, 0.1) is 6.92 Å². The molecular weight excluding hydrogens is 602 g/mol. The second kappa shape index (κ2) is 14.4. The number of nitrogens with one attached hydrogen (secondary N) is 1. The topological polar surface area (TPSA) is 118 Å². The number of carbonyl (C=O) groups excluding carboxylic acids is 3. The summed E-state index contributed by atoms with van der Waals surface area (Å²) in [7, 11) is 2.95. The number of aryl methyl sites for hydroxylation is 1. The van der Waals surface area contributed by atoms with Gasteiger partial charge in [-0.3, -0.25) is 14.8 Å². The van der Waals surface area contributed by atoms with E-state index in [0.717, 1.165) is 39.8 Å². The van der Waals surface area contributed by atoms with E-state index in [2.05, 4.69) is 10.2 Å². The van der Waals surface area contributed by atoms with E-state index in [1.165, 1.54) is 7.11 Å². The Bertz CT molecular complexity index is 1610. The van der Waals surface area contributed by atoms with Crippen molar-refractivity contribution in [1.82, 2.24) is 9.47 Å². The lowest BCUT2D eigenvalue weighted by molar-refractivity contribution is -0.0138. The number of amides is 1. The van der Waals surface area contributed by atoms with E-state index in [0.29, 0.717) is 31.8 Å². The van der Waals surface area contributed by atoms with Crippen LogP contribution in [-0.4, -0.2) is 72.3 Å². The Morgan fingerprint density at radius 1 is 0.979 bits per heavy atom. The third kappa shape index (κ3) is 8.64. The van der Waals surface area contributed by atoms with Crippen molar-refractivity contribution in [3.63, 3.8) is 0 Å². The number of benzene rings is 2. The molecule has 0 radical (unpaired) electrons. The van der Waals surface area contributed by atoms with Gasteiger partial charge in [0.2, 0.25) is 0 Å². The zero-order chi connectivity index (χ0) is 34.7. The lowest BCUT2D eigenvalue weighted by atomic mass is 9.91. The minimum Gasteiger partial charge on any atom is -0.496 e. The van der Waals surface area contributed by atoms with Crippen LogP contribution in [0.25, 0.3) is 10.9 Å². The number of rotatable bonds is 8. The molecule has 11 heteroatoms. The van der Waals surface area contributed by atoms with Gasteiger partial charge in [0.05, 0.1) is 37.1 Å². The summed E-state index contributed by atoms with van der Waals surface area (Å²) in [6.45, 7) is 16.6. The number of carbonyl (C=O) groups is 3. The second-order valence-electron chi connectivity index (χ2n) is 13.8. The van der Waals surface area contributed by atoms with Gasteiger partial charge in [0.1, 0.15) is 17.0 Å². The number of piperidine rings is 1. The van der Waals surface area contributed by atoms with Gasteiger partial charge in [0.25, 0.3) is 0 Å². The molecule has 0 bridgehead atoms. The third-order valence-electron chi connectivity index (χ3n) is 7.94. The van der Waals surface area contributed by atoms with Crippen LogP contribution < -0.4 is 10.1 Å². The molecule has 1 saturated heterocycles. The fourth-order valence-electron chi connectivity index (χ4n) is 6.05. The number of ether oxygens (including phenoxy) is 5. The number of esters is 1. The molecule has 1 aliphatic heterocycles. The van der Waals surface area contributed by atoms with Crippen LogP contribution >= 0.6 is 0 Å². The molecular formula is C36H49N3O8. The summed E-state index contributed by atoms with van der Waals surface area (Å²) in [6, 6.07) is 9.11. The summed E-state index contributed by atoms with van der Waals surface area (Å²) in [4.78, 5) is 41.0. The summed E-state index contributed by atoms with van der Waals surface area (Å²) < 4.78 is 29.7. The number of fused-ring (bicyclic) bond motifs is 1. The van der Waals surface area contributed by atoms with Crippen LogP contribution in [0.2, 0.25) is 0 Å². The standard InChI is InChI=1S/C36H49N3O8/c1-11-45-24-14-16-38(21-27-25-15-17-39(34(42)47-36(6,7)8)31(25)22(2)18-30(27)43-9)29(20-24)23-12-13-26(32(40)44-10)28(19-23)37-33(41)46-35(3,4)5/h12-13,15,17-19,24,29H,11,14,16,20-21H2,1-10H3,(H,37,41). The molecule has 4 rings (SSSR count). The number of nitrogens with zero attached hydrogens (tertiary/aromatic N) is 2. The average Bonchev–Trinajstić information content (AvgIpc) is 3.43. The Kier molecular flexibility index (Phi) is 10.9. The highest BCUT2D eigenvalue weighted by atomic mass is 16.6. The summed E-state index contributed by atoms with van der Waals surface area (Å²) in [6.07, 6.45) is 2.16. The van der Waals surface area contributed by atoms with Crippen LogP contribution in [0.3, 0.4) is 0 Å². The van der Waals surface area contributed by atoms with Crippen molar-refractivity contribution in [2.24, 2.45) is 0 Å². The zero-order valence-electron chi connectivity index (χ0n) is 29.3. The molecule has 1 fully saturated rings. The predicted octanol–water partition coefficient (Wildman–Crippen LogP) is 7.62. The highest BCUT2D eigenvalue weighted by molar-refractivity contribution is 6.00. The Balaban J connectivity index is 1.77. The zero-order valence-corrected chi connectivity index (χ0v) is 29.3. The Morgan fingerprint density at radius 2 is 1.68 bits per heavy atom. The summed E-state index contributed by atoms with van der Waals surface area (Å²) in [5, 5.41) is 3.66. The van der Waals surface area contributed by atoms with Gasteiger partial charge in [-0.25, -0.2) is 14.4 Å². The number of likely N-dealkylation sites (tertiary alicyclic amines) is 1. The molecule has 0 aliphatic carbocycles. The van der Waals surface area contributed by atoms with Crippen molar-refractivity contribution in [2.45, 2.75) is 98.1 Å². The van der Waals surface area contributed by atoms with E-state index < -0.39 is 29.4 Å². The fourth-order valence-corrected chi connectivity index (χ4v) is 6.05. The molecule has 3 aromatic rings. The fraction of sp³-hybridized carbons (Fsp3) is 0.528. The second-order valence-corrected chi connectivity index (χ2v) is 13.8. The van der Waals surface area contributed by atoms with Gasteiger partial charge >= 0.3 is 18.2 Å². The monoisotopic (exact) mass is 651 g/mol. The molecule has 11 nitrogen and oxygen atoms in total. The molecule has 0 saturated carbocycles. The quantitative estimate of drug-likeness (QED) is 0.194. The van der Waals surface area contributed by atoms with Crippen molar-refractivity contribution < 1.29 is 38.1 Å². The summed E-state index contributed by atoms with van der Waals surface area (Å²) in [5.74, 6) is 0.146. The van der Waals surface area contributed by atoms with E-state index in [1.54, 1.807) is 44.7 Å². The van der Waals surface area contributed by atoms with Gasteiger partial charge in [-0.2, -0.15) is 0 Å². The lowest BCUT2D eigenvalue weighted by Crippen LogP contribution is -2.39. The number of anilines is 1. The van der Waals surface area contributed by atoms with E-state index in [4.69, 9.17) is 23.7 Å². The van der Waals surface area contributed by atoms with Crippen molar-refractivity contribution in [3.8, 4) is 5.75 Å². The molecule has 2 heterocycles. The number of methoxy groups -OCH3 is 2. The van der Waals surface area contributed by atoms with Gasteiger partial charge in [0.15, 0.2) is 0 Å². The van der Waals surface area contributed by atoms with Crippen LogP contribution in [0.4, 0.5) is 15.3 Å². The predicted molar refractivity (Wildman–Crippen MR) is 180 cm³/mol. The van der Waals surface area contributed by atoms with Gasteiger partial charge in [-0.05, 0) is 104 Å². The molecule has 2 aromatic carbocycles. The van der Waals surface area contributed by atoms with E-state index in [9.17, 15) is 14.4 Å². The molecule has 1 N–H and O–H groups in total. The average molecular weight is 652 g/mol.